The van der Waals surface area contributed by atoms with E-state index in [4.69, 9.17) is 5.73 Å². The van der Waals surface area contributed by atoms with Gasteiger partial charge in [-0.1, -0.05) is 27.7 Å². The van der Waals surface area contributed by atoms with Crippen LogP contribution in [0.25, 0.3) is 0 Å². The molecule has 4 unspecified atom stereocenters. The van der Waals surface area contributed by atoms with Crippen molar-refractivity contribution >= 4 is 5.91 Å². The van der Waals surface area contributed by atoms with E-state index in [2.05, 4.69) is 51.9 Å². The number of hydrogen-bond donors (Lipinski definition) is 2. The van der Waals surface area contributed by atoms with Crippen LogP contribution in [0.4, 0.5) is 0 Å². The van der Waals surface area contributed by atoms with Gasteiger partial charge in [-0.3, -0.25) is 4.79 Å². The summed E-state index contributed by atoms with van der Waals surface area (Å²) in [5, 5.41) is 3.13. The van der Waals surface area contributed by atoms with Crippen LogP contribution in [-0.2, 0) is 4.79 Å². The summed E-state index contributed by atoms with van der Waals surface area (Å²) < 4.78 is 0. The molecule has 0 radical (unpaired) electrons. The van der Waals surface area contributed by atoms with Gasteiger partial charge in [0.2, 0.25) is 5.91 Å². The van der Waals surface area contributed by atoms with E-state index in [-0.39, 0.29) is 23.3 Å². The molecule has 0 bridgehead atoms. The fourth-order valence-electron chi connectivity index (χ4n) is 3.33. The van der Waals surface area contributed by atoms with E-state index in [1.807, 2.05) is 0 Å². The van der Waals surface area contributed by atoms with Crippen molar-refractivity contribution in [1.29, 1.82) is 0 Å². The molecule has 1 fully saturated rings. The second-order valence-corrected chi connectivity index (χ2v) is 7.43. The van der Waals surface area contributed by atoms with Gasteiger partial charge in [-0.25, -0.2) is 0 Å². The van der Waals surface area contributed by atoms with E-state index in [1.165, 1.54) is 0 Å². The summed E-state index contributed by atoms with van der Waals surface area (Å²) in [4.78, 5) is 14.8. The molecule has 1 aliphatic carbocycles. The molecule has 4 heteroatoms. The Kier molecular flexibility index (Phi) is 6.67. The van der Waals surface area contributed by atoms with Crippen LogP contribution < -0.4 is 11.1 Å². The lowest BCUT2D eigenvalue weighted by Crippen LogP contribution is -2.52. The van der Waals surface area contributed by atoms with Gasteiger partial charge < -0.3 is 16.0 Å². The molecule has 0 aromatic carbocycles. The number of nitrogens with one attached hydrogen (secondary N) is 1. The summed E-state index contributed by atoms with van der Waals surface area (Å²) in [7, 11) is 2.12. The first-order valence-electron chi connectivity index (χ1n) is 8.45. The maximum absolute atomic E-state index is 12.5. The van der Waals surface area contributed by atoms with E-state index in [0.717, 1.165) is 32.4 Å². The summed E-state index contributed by atoms with van der Waals surface area (Å²) in [6, 6.07) is 0.784. The number of amides is 1. The number of nitrogens with zero attached hydrogens (tertiary/aromatic N) is 1. The molecule has 0 spiro atoms. The van der Waals surface area contributed by atoms with E-state index in [9.17, 15) is 4.79 Å². The van der Waals surface area contributed by atoms with Crippen LogP contribution in [0.1, 0.15) is 53.9 Å². The van der Waals surface area contributed by atoms with Crippen LogP contribution in [-0.4, -0.2) is 43.0 Å². The molecule has 4 atom stereocenters. The Morgan fingerprint density at radius 2 is 2.05 bits per heavy atom. The lowest BCUT2D eigenvalue weighted by atomic mass is 9.61. The van der Waals surface area contributed by atoms with Crippen molar-refractivity contribution in [3.05, 3.63) is 0 Å². The first kappa shape index (κ1) is 18.4. The van der Waals surface area contributed by atoms with Gasteiger partial charge in [0.25, 0.3) is 0 Å². The standard InChI is InChI=1S/C17H35N3O/c1-7-12(2)20(6)11-10-19-16(21)14-8-9-15(18)13(3)17(14,4)5/h12-15H,7-11,18H2,1-6H3,(H,19,21). The topological polar surface area (TPSA) is 58.4 Å². The molecule has 4 nitrogen and oxygen atoms in total. The maximum Gasteiger partial charge on any atom is 0.223 e. The first-order chi connectivity index (χ1) is 9.71. The lowest BCUT2D eigenvalue weighted by molar-refractivity contribution is -0.132. The average molecular weight is 297 g/mol. The van der Waals surface area contributed by atoms with Crippen LogP contribution in [0, 0.1) is 17.3 Å². The van der Waals surface area contributed by atoms with Crippen molar-refractivity contribution in [2.45, 2.75) is 66.0 Å². The van der Waals surface area contributed by atoms with Crippen molar-refractivity contribution in [3.63, 3.8) is 0 Å². The summed E-state index contributed by atoms with van der Waals surface area (Å²) in [5.41, 5.74) is 6.14. The monoisotopic (exact) mass is 297 g/mol. The molecule has 124 valence electrons. The summed E-state index contributed by atoms with van der Waals surface area (Å²) in [6.07, 6.45) is 3.00. The Morgan fingerprint density at radius 3 is 2.62 bits per heavy atom. The average Bonchev–Trinajstić information content (AvgIpc) is 2.43. The third-order valence-corrected chi connectivity index (χ3v) is 5.93. The van der Waals surface area contributed by atoms with Crippen LogP contribution >= 0.6 is 0 Å². The molecule has 0 saturated heterocycles. The minimum atomic E-state index is -0.0235. The van der Waals surface area contributed by atoms with Crippen LogP contribution in [0.5, 0.6) is 0 Å². The first-order valence-corrected chi connectivity index (χ1v) is 8.45. The van der Waals surface area contributed by atoms with Crippen LogP contribution in [0.2, 0.25) is 0 Å². The minimum absolute atomic E-state index is 0.0235. The maximum atomic E-state index is 12.5. The van der Waals surface area contributed by atoms with E-state index in [1.54, 1.807) is 0 Å². The second-order valence-electron chi connectivity index (χ2n) is 7.43. The highest BCUT2D eigenvalue weighted by Crippen LogP contribution is 2.44. The molecule has 1 aliphatic rings. The van der Waals surface area contributed by atoms with E-state index >= 15 is 0 Å². The molecular formula is C17H35N3O. The van der Waals surface area contributed by atoms with Crippen molar-refractivity contribution in [3.8, 4) is 0 Å². The van der Waals surface area contributed by atoms with E-state index in [0.29, 0.717) is 12.0 Å². The Balaban J connectivity index is 2.48. The van der Waals surface area contributed by atoms with Gasteiger partial charge in [0.05, 0.1) is 0 Å². The normalized spacial score (nSPS) is 30.2. The smallest absolute Gasteiger partial charge is 0.223 e. The molecule has 21 heavy (non-hydrogen) atoms. The quantitative estimate of drug-likeness (QED) is 0.790. The van der Waals surface area contributed by atoms with Gasteiger partial charge >= 0.3 is 0 Å². The highest BCUT2D eigenvalue weighted by Gasteiger charge is 2.44. The Hall–Kier alpha value is -0.610. The van der Waals surface area contributed by atoms with Crippen LogP contribution in [0.15, 0.2) is 0 Å². The number of rotatable bonds is 6. The lowest BCUT2D eigenvalue weighted by Gasteiger charge is -2.46. The summed E-state index contributed by atoms with van der Waals surface area (Å²) in [6.45, 7) is 12.6. The van der Waals surface area contributed by atoms with Gasteiger partial charge in [-0.15, -0.1) is 0 Å². The number of carbonyl (C=O) groups excluding carboxylic acids is 1. The zero-order valence-corrected chi connectivity index (χ0v) is 14.8. The number of nitrogens with two attached hydrogens (primary N) is 1. The molecule has 1 saturated carbocycles. The Bertz CT molecular complexity index is 343. The largest absolute Gasteiger partial charge is 0.355 e. The van der Waals surface area contributed by atoms with Crippen LogP contribution in [0.3, 0.4) is 0 Å². The minimum Gasteiger partial charge on any atom is -0.355 e. The number of likely N-dealkylation sites (N-methyl/N-ethyl adjacent to an activating group) is 1. The fourth-order valence-corrected chi connectivity index (χ4v) is 3.33. The Morgan fingerprint density at radius 1 is 1.43 bits per heavy atom. The summed E-state index contributed by atoms with van der Waals surface area (Å²) in [5.74, 6) is 0.669. The fraction of sp³-hybridized carbons (Fsp3) is 0.941. The second kappa shape index (κ2) is 7.59. The predicted octanol–water partition coefficient (Wildman–Crippen LogP) is 2.23. The Labute approximate surface area is 130 Å². The molecular weight excluding hydrogens is 262 g/mol. The van der Waals surface area contributed by atoms with Crippen molar-refractivity contribution in [2.75, 3.05) is 20.1 Å². The molecule has 1 rings (SSSR count). The van der Waals surface area contributed by atoms with Gasteiger partial charge in [-0.05, 0) is 44.6 Å². The SMILES string of the molecule is CCC(C)N(C)CCNC(=O)C1CCC(N)C(C)C1(C)C. The van der Waals surface area contributed by atoms with Crippen molar-refractivity contribution < 1.29 is 4.79 Å². The third-order valence-electron chi connectivity index (χ3n) is 5.93. The van der Waals surface area contributed by atoms with Gasteiger partial charge in [0.1, 0.15) is 0 Å². The molecule has 3 N–H and O–H groups in total. The molecule has 0 aliphatic heterocycles. The highest BCUT2D eigenvalue weighted by molar-refractivity contribution is 5.79. The molecule has 1 amide bonds. The molecule has 0 aromatic rings. The van der Waals surface area contributed by atoms with Crippen molar-refractivity contribution in [1.82, 2.24) is 10.2 Å². The van der Waals surface area contributed by atoms with Gasteiger partial charge in [0, 0.05) is 31.1 Å². The van der Waals surface area contributed by atoms with Gasteiger partial charge in [0.15, 0.2) is 0 Å². The third kappa shape index (κ3) is 4.43. The van der Waals surface area contributed by atoms with Gasteiger partial charge in [-0.2, -0.15) is 0 Å². The number of hydrogen-bond acceptors (Lipinski definition) is 3. The zero-order chi connectivity index (χ0) is 16.2. The van der Waals surface area contributed by atoms with E-state index < -0.39 is 0 Å². The summed E-state index contributed by atoms with van der Waals surface area (Å²) >= 11 is 0. The molecule has 0 aromatic heterocycles. The molecule has 0 heterocycles. The highest BCUT2D eigenvalue weighted by atomic mass is 16.1. The predicted molar refractivity (Wildman–Crippen MR) is 89.0 cm³/mol. The zero-order valence-electron chi connectivity index (χ0n) is 14.8. The van der Waals surface area contributed by atoms with Crippen molar-refractivity contribution in [2.24, 2.45) is 23.0 Å². The number of carbonyl (C=O) groups is 1.